The fraction of sp³-hybridized carbons (Fsp3) is 0.240. The second-order valence-corrected chi connectivity index (χ2v) is 10.2. The summed E-state index contributed by atoms with van der Waals surface area (Å²) in [5, 5.41) is 0.350. The maximum Gasteiger partial charge on any atom is 0.264 e. The molecule has 0 saturated heterocycles. The Morgan fingerprint density at radius 1 is 0.943 bits per heavy atom. The summed E-state index contributed by atoms with van der Waals surface area (Å²) in [6, 6.07) is 15.0. The molecule has 3 aromatic rings. The van der Waals surface area contributed by atoms with Crippen LogP contribution in [0.3, 0.4) is 0 Å². The molecular formula is C25H26ClFN2O5S. The predicted molar refractivity (Wildman–Crippen MR) is 133 cm³/mol. The van der Waals surface area contributed by atoms with E-state index in [0.29, 0.717) is 21.9 Å². The number of ether oxygens (including phenoxy) is 2. The lowest BCUT2D eigenvalue weighted by Crippen LogP contribution is -2.41. The minimum Gasteiger partial charge on any atom is -0.493 e. The summed E-state index contributed by atoms with van der Waals surface area (Å²) in [5.74, 6) is -0.304. The number of anilines is 1. The molecule has 0 fully saturated rings. The van der Waals surface area contributed by atoms with Crippen molar-refractivity contribution in [2.75, 3.05) is 39.2 Å². The summed E-state index contributed by atoms with van der Waals surface area (Å²) < 4.78 is 53.6. The summed E-state index contributed by atoms with van der Waals surface area (Å²) in [7, 11) is 1.64. The van der Waals surface area contributed by atoms with Crippen molar-refractivity contribution in [1.82, 2.24) is 4.90 Å². The molecule has 3 aromatic carbocycles. The molecule has 0 N–H and O–H groups in total. The zero-order chi connectivity index (χ0) is 25.8. The van der Waals surface area contributed by atoms with Crippen LogP contribution in [0.25, 0.3) is 0 Å². The quantitative estimate of drug-likeness (QED) is 0.419. The van der Waals surface area contributed by atoms with Gasteiger partial charge in [0, 0.05) is 31.6 Å². The number of hydrogen-bond acceptors (Lipinski definition) is 5. The van der Waals surface area contributed by atoms with Gasteiger partial charge in [0.1, 0.15) is 12.4 Å². The number of carbonyl (C=O) groups is 1. The molecule has 0 unspecified atom stereocenters. The molecule has 7 nitrogen and oxygen atoms in total. The van der Waals surface area contributed by atoms with Crippen molar-refractivity contribution in [2.45, 2.75) is 11.3 Å². The summed E-state index contributed by atoms with van der Waals surface area (Å²) in [5.41, 5.74) is 1.01. The minimum atomic E-state index is -4.26. The smallest absolute Gasteiger partial charge is 0.264 e. The third-order valence-corrected chi connectivity index (χ3v) is 7.36. The number of methoxy groups -OCH3 is 2. The van der Waals surface area contributed by atoms with Crippen LogP contribution < -0.4 is 13.8 Å². The van der Waals surface area contributed by atoms with Crippen LogP contribution in [-0.4, -0.2) is 54.1 Å². The fourth-order valence-corrected chi connectivity index (χ4v) is 5.12. The lowest BCUT2D eigenvalue weighted by atomic mass is 10.0. The van der Waals surface area contributed by atoms with Gasteiger partial charge in [0.25, 0.3) is 10.0 Å². The second kappa shape index (κ2) is 11.0. The summed E-state index contributed by atoms with van der Waals surface area (Å²) in [6.07, 6.45) is 0.0661. The second-order valence-electron chi connectivity index (χ2n) is 7.86. The highest BCUT2D eigenvalue weighted by Gasteiger charge is 2.30. The van der Waals surface area contributed by atoms with Crippen molar-refractivity contribution >= 4 is 33.2 Å². The third-order valence-electron chi connectivity index (χ3n) is 5.37. The maximum absolute atomic E-state index is 14.4. The first-order valence-corrected chi connectivity index (χ1v) is 12.4. The van der Waals surface area contributed by atoms with Crippen LogP contribution in [0.15, 0.2) is 65.6 Å². The van der Waals surface area contributed by atoms with E-state index >= 15 is 0 Å². The Hall–Kier alpha value is -3.30. The number of nitrogens with zero attached hydrogens (tertiary/aromatic N) is 2. The van der Waals surface area contributed by atoms with Gasteiger partial charge in [-0.1, -0.05) is 29.8 Å². The highest BCUT2D eigenvalue weighted by molar-refractivity contribution is 7.92. The molecule has 0 aliphatic rings. The standard InChI is InChI=1S/C25H26ClFN2O5S/c1-28(2)25(30)16-29(35(31,32)20-10-12-23(33-3)24(15-20)34-4)22-11-9-19(26)14-18(22)13-17-7-5-6-8-21(17)27/h5-12,14-15H,13,16H2,1-4H3. The first-order valence-electron chi connectivity index (χ1n) is 10.5. The molecule has 0 spiro atoms. The highest BCUT2D eigenvalue weighted by Crippen LogP contribution is 2.35. The molecule has 0 atom stereocenters. The molecule has 0 radical (unpaired) electrons. The van der Waals surface area contributed by atoms with Gasteiger partial charge in [0.05, 0.1) is 24.8 Å². The SMILES string of the molecule is COc1ccc(S(=O)(=O)N(CC(=O)N(C)C)c2ccc(Cl)cc2Cc2ccccc2F)cc1OC. The fourth-order valence-electron chi connectivity index (χ4n) is 3.45. The van der Waals surface area contributed by atoms with Gasteiger partial charge in [-0.05, 0) is 47.5 Å². The molecule has 10 heteroatoms. The van der Waals surface area contributed by atoms with Gasteiger partial charge in [-0.25, -0.2) is 12.8 Å². The Labute approximate surface area is 209 Å². The molecule has 1 amide bonds. The van der Waals surface area contributed by atoms with Crippen molar-refractivity contribution in [3.8, 4) is 11.5 Å². The Bertz CT molecular complexity index is 1330. The van der Waals surface area contributed by atoms with E-state index in [2.05, 4.69) is 0 Å². The number of rotatable bonds is 9. The summed E-state index contributed by atoms with van der Waals surface area (Å²) in [6.45, 7) is -0.477. The Morgan fingerprint density at radius 3 is 2.26 bits per heavy atom. The number of benzene rings is 3. The molecule has 0 aliphatic heterocycles. The number of sulfonamides is 1. The first kappa shape index (κ1) is 26.3. The Kier molecular flexibility index (Phi) is 8.24. The summed E-state index contributed by atoms with van der Waals surface area (Å²) in [4.78, 5) is 13.9. The average Bonchev–Trinajstić information content (AvgIpc) is 2.83. The molecule has 0 heterocycles. The average molecular weight is 521 g/mol. The lowest BCUT2D eigenvalue weighted by Gasteiger charge is -2.28. The monoisotopic (exact) mass is 520 g/mol. The van der Waals surface area contributed by atoms with Crippen LogP contribution in [0.1, 0.15) is 11.1 Å². The lowest BCUT2D eigenvalue weighted by molar-refractivity contribution is -0.127. The van der Waals surface area contributed by atoms with Crippen LogP contribution >= 0.6 is 11.6 Å². The van der Waals surface area contributed by atoms with E-state index in [9.17, 15) is 17.6 Å². The molecular weight excluding hydrogens is 495 g/mol. The zero-order valence-electron chi connectivity index (χ0n) is 19.8. The zero-order valence-corrected chi connectivity index (χ0v) is 21.4. The van der Waals surface area contributed by atoms with Crippen LogP contribution in [-0.2, 0) is 21.2 Å². The van der Waals surface area contributed by atoms with Crippen LogP contribution in [0.4, 0.5) is 10.1 Å². The topological polar surface area (TPSA) is 76.2 Å². The largest absolute Gasteiger partial charge is 0.493 e. The van der Waals surface area contributed by atoms with Gasteiger partial charge < -0.3 is 14.4 Å². The Morgan fingerprint density at radius 2 is 1.63 bits per heavy atom. The maximum atomic E-state index is 14.4. The van der Waals surface area contributed by atoms with Gasteiger partial charge in [-0.3, -0.25) is 9.10 Å². The van der Waals surface area contributed by atoms with Gasteiger partial charge >= 0.3 is 0 Å². The van der Waals surface area contributed by atoms with Crippen molar-refractivity contribution in [3.05, 3.63) is 82.6 Å². The number of likely N-dealkylation sites (N-methyl/N-ethyl adjacent to an activating group) is 1. The van der Waals surface area contributed by atoms with Crippen LogP contribution in [0, 0.1) is 5.82 Å². The van der Waals surface area contributed by atoms with E-state index in [0.717, 1.165) is 4.31 Å². The van der Waals surface area contributed by atoms with E-state index in [4.69, 9.17) is 21.1 Å². The van der Waals surface area contributed by atoms with Gasteiger partial charge in [-0.15, -0.1) is 0 Å². The van der Waals surface area contributed by atoms with E-state index in [1.165, 1.54) is 69.6 Å². The van der Waals surface area contributed by atoms with Crippen molar-refractivity contribution in [1.29, 1.82) is 0 Å². The highest BCUT2D eigenvalue weighted by atomic mass is 35.5. The number of hydrogen-bond donors (Lipinski definition) is 0. The van der Waals surface area contributed by atoms with Gasteiger partial charge in [0.2, 0.25) is 5.91 Å². The number of amides is 1. The normalized spacial score (nSPS) is 11.1. The van der Waals surface area contributed by atoms with Gasteiger partial charge in [-0.2, -0.15) is 0 Å². The van der Waals surface area contributed by atoms with E-state index in [1.54, 1.807) is 24.3 Å². The first-order chi connectivity index (χ1) is 16.6. The van der Waals surface area contributed by atoms with E-state index < -0.39 is 28.3 Å². The van der Waals surface area contributed by atoms with Crippen molar-refractivity contribution in [3.63, 3.8) is 0 Å². The van der Waals surface area contributed by atoms with E-state index in [1.807, 2.05) is 0 Å². The van der Waals surface area contributed by atoms with Crippen molar-refractivity contribution < 1.29 is 27.1 Å². The molecule has 35 heavy (non-hydrogen) atoms. The van der Waals surface area contributed by atoms with Gasteiger partial charge in [0.15, 0.2) is 11.5 Å². The third kappa shape index (κ3) is 5.86. The molecule has 186 valence electrons. The van der Waals surface area contributed by atoms with Crippen molar-refractivity contribution in [2.24, 2.45) is 0 Å². The molecule has 0 saturated carbocycles. The number of carbonyl (C=O) groups excluding carboxylic acids is 1. The summed E-state index contributed by atoms with van der Waals surface area (Å²) >= 11 is 6.22. The van der Waals surface area contributed by atoms with E-state index in [-0.39, 0.29) is 22.8 Å². The number of halogens is 2. The molecule has 0 aromatic heterocycles. The molecule has 3 rings (SSSR count). The minimum absolute atomic E-state index is 0.0661. The van der Waals surface area contributed by atoms with Crippen LogP contribution in [0.2, 0.25) is 5.02 Å². The molecule has 0 bridgehead atoms. The van der Waals surface area contributed by atoms with Crippen LogP contribution in [0.5, 0.6) is 11.5 Å². The Balaban J connectivity index is 2.18. The predicted octanol–water partition coefficient (Wildman–Crippen LogP) is 4.37. The molecule has 0 aliphatic carbocycles.